The van der Waals surface area contributed by atoms with E-state index < -0.39 is 17.4 Å². The van der Waals surface area contributed by atoms with Crippen LogP contribution >= 0.6 is 12.2 Å². The van der Waals surface area contributed by atoms with E-state index >= 15 is 0 Å². The largest absolute Gasteiger partial charge is 0.491 e. The van der Waals surface area contributed by atoms with Gasteiger partial charge < -0.3 is 19.4 Å². The molecular weight excluding hydrogens is 356 g/mol. The zero-order valence-corrected chi connectivity index (χ0v) is 15.3. The second-order valence-electron chi connectivity index (χ2n) is 6.02. The van der Waals surface area contributed by atoms with Crippen molar-refractivity contribution in [3.63, 3.8) is 0 Å². The number of nitrogens with zero attached hydrogens (tertiary/aromatic N) is 2. The monoisotopic (exact) mass is 376 g/mol. The topological polar surface area (TPSA) is 105 Å². The van der Waals surface area contributed by atoms with Crippen LogP contribution in [0.3, 0.4) is 0 Å². The van der Waals surface area contributed by atoms with Crippen molar-refractivity contribution >= 4 is 23.4 Å². The minimum absolute atomic E-state index is 0.0452. The van der Waals surface area contributed by atoms with Crippen molar-refractivity contribution in [3.05, 3.63) is 55.4 Å². The van der Waals surface area contributed by atoms with Gasteiger partial charge in [-0.3, -0.25) is 14.3 Å². The molecule has 3 N–H and O–H groups in total. The number of aryl methyl sites for hydroxylation is 2. The molecule has 1 aromatic carbocycles. The van der Waals surface area contributed by atoms with Crippen LogP contribution in [0.15, 0.2) is 33.9 Å². The van der Waals surface area contributed by atoms with Gasteiger partial charge in [0.2, 0.25) is 0 Å². The first-order valence-electron chi connectivity index (χ1n) is 8.22. The number of fused-ring (bicyclic) bond motifs is 1. The molecule has 0 amide bonds. The van der Waals surface area contributed by atoms with Gasteiger partial charge in [0.05, 0.1) is 6.54 Å². The summed E-state index contributed by atoms with van der Waals surface area (Å²) in [5.74, 6) is 0.656. The summed E-state index contributed by atoms with van der Waals surface area (Å²) in [6.45, 7) is 2.18. The van der Waals surface area contributed by atoms with Crippen molar-refractivity contribution in [2.45, 2.75) is 26.0 Å². The van der Waals surface area contributed by atoms with Crippen LogP contribution in [0, 0.1) is 4.77 Å². The van der Waals surface area contributed by atoms with Gasteiger partial charge >= 0.3 is 5.69 Å². The van der Waals surface area contributed by atoms with E-state index in [2.05, 4.69) is 16.9 Å². The molecule has 0 fully saturated rings. The number of hydrogen-bond acceptors (Lipinski definition) is 5. The third-order valence-corrected chi connectivity index (χ3v) is 4.53. The predicted octanol–water partition coefficient (Wildman–Crippen LogP) is 1.09. The fourth-order valence-electron chi connectivity index (χ4n) is 2.72. The molecule has 0 saturated carbocycles. The molecule has 138 valence electrons. The Morgan fingerprint density at radius 3 is 2.58 bits per heavy atom. The number of aromatic nitrogens is 4. The lowest BCUT2D eigenvalue weighted by Gasteiger charge is -2.13. The molecule has 0 saturated heterocycles. The molecule has 3 aromatic rings. The Morgan fingerprint density at radius 2 is 1.92 bits per heavy atom. The summed E-state index contributed by atoms with van der Waals surface area (Å²) in [4.78, 5) is 28.9. The van der Waals surface area contributed by atoms with Crippen molar-refractivity contribution < 1.29 is 9.84 Å². The maximum Gasteiger partial charge on any atom is 0.329 e. The molecule has 2 heterocycles. The van der Waals surface area contributed by atoms with Crippen molar-refractivity contribution in [1.29, 1.82) is 0 Å². The lowest BCUT2D eigenvalue weighted by molar-refractivity contribution is 0.0930. The third-order valence-electron chi connectivity index (χ3n) is 4.21. The predicted molar refractivity (Wildman–Crippen MR) is 100 cm³/mol. The molecule has 0 aliphatic heterocycles. The summed E-state index contributed by atoms with van der Waals surface area (Å²) in [5, 5.41) is 10.3. The number of rotatable bonds is 6. The minimum atomic E-state index is -0.886. The Bertz CT molecular complexity index is 1090. The summed E-state index contributed by atoms with van der Waals surface area (Å²) >= 11 is 5.23. The number of aliphatic hydroxyl groups excluding tert-OH is 1. The van der Waals surface area contributed by atoms with Crippen LogP contribution in [0.5, 0.6) is 5.75 Å². The Hall–Kier alpha value is -2.65. The summed E-state index contributed by atoms with van der Waals surface area (Å²) in [6, 6.07) is 7.64. The van der Waals surface area contributed by atoms with Gasteiger partial charge in [-0.2, -0.15) is 0 Å². The molecule has 9 heteroatoms. The molecule has 0 unspecified atom stereocenters. The number of aliphatic hydroxyl groups is 1. The van der Waals surface area contributed by atoms with Crippen LogP contribution in [-0.2, 0) is 20.0 Å². The highest BCUT2D eigenvalue weighted by atomic mass is 32.1. The molecule has 1 atom stereocenters. The van der Waals surface area contributed by atoms with E-state index in [1.165, 1.54) is 21.7 Å². The van der Waals surface area contributed by atoms with Gasteiger partial charge in [0.25, 0.3) is 5.56 Å². The molecule has 3 rings (SSSR count). The highest BCUT2D eigenvalue weighted by Crippen LogP contribution is 2.14. The van der Waals surface area contributed by atoms with Gasteiger partial charge in [-0.05, 0) is 36.3 Å². The summed E-state index contributed by atoms with van der Waals surface area (Å²) < 4.78 is 8.58. The second-order valence-corrected chi connectivity index (χ2v) is 6.41. The molecule has 8 nitrogen and oxygen atoms in total. The van der Waals surface area contributed by atoms with Gasteiger partial charge in [-0.25, -0.2) is 4.79 Å². The highest BCUT2D eigenvalue weighted by Gasteiger charge is 2.16. The standard InChI is InChI=1S/C17H20N4O4S/c1-3-10-4-6-12(7-5-10)25-9-11(22)8-21-13-14(18-17(21)26)20(2)16(24)19-15(13)23/h4-7,11,22H,3,8-9H2,1-2H3,(H,18,26)(H,19,23,24)/t11-/m1/s1. The summed E-state index contributed by atoms with van der Waals surface area (Å²) in [5.41, 5.74) is 0.632. The zero-order valence-electron chi connectivity index (χ0n) is 14.5. The molecule has 2 aromatic heterocycles. The smallest absolute Gasteiger partial charge is 0.329 e. The second kappa shape index (κ2) is 7.30. The number of ether oxygens (including phenoxy) is 1. The van der Waals surface area contributed by atoms with Crippen LogP contribution in [0.1, 0.15) is 12.5 Å². The fourth-order valence-corrected chi connectivity index (χ4v) is 2.99. The van der Waals surface area contributed by atoms with E-state index in [1.54, 1.807) is 0 Å². The van der Waals surface area contributed by atoms with Crippen LogP contribution in [0.2, 0.25) is 0 Å². The number of benzene rings is 1. The summed E-state index contributed by atoms with van der Waals surface area (Å²) in [6.07, 6.45) is 0.0573. The van der Waals surface area contributed by atoms with E-state index in [-0.39, 0.29) is 23.4 Å². The SMILES string of the molecule is CCc1ccc(OC[C@H](O)Cn2c(=S)[nH]c3c2c(=O)[nH]c(=O)n3C)cc1. The van der Waals surface area contributed by atoms with Crippen LogP contribution < -0.4 is 16.0 Å². The average molecular weight is 376 g/mol. The number of imidazole rings is 1. The first kappa shape index (κ1) is 18.2. The lowest BCUT2D eigenvalue weighted by atomic mass is 10.2. The van der Waals surface area contributed by atoms with Gasteiger partial charge in [0, 0.05) is 7.05 Å². The molecule has 0 bridgehead atoms. The van der Waals surface area contributed by atoms with Gasteiger partial charge in [-0.1, -0.05) is 19.1 Å². The Labute approximate surface area is 153 Å². The molecule has 26 heavy (non-hydrogen) atoms. The molecular formula is C17H20N4O4S. The molecule has 0 aliphatic carbocycles. The maximum absolute atomic E-state index is 12.1. The molecule has 0 aliphatic rings. The van der Waals surface area contributed by atoms with Crippen LogP contribution in [-0.4, -0.2) is 36.9 Å². The van der Waals surface area contributed by atoms with Crippen molar-refractivity contribution in [2.75, 3.05) is 6.61 Å². The zero-order chi connectivity index (χ0) is 18.8. The molecule has 0 radical (unpaired) electrons. The van der Waals surface area contributed by atoms with Crippen molar-refractivity contribution in [2.24, 2.45) is 7.05 Å². The van der Waals surface area contributed by atoms with Crippen LogP contribution in [0.25, 0.3) is 11.2 Å². The van der Waals surface area contributed by atoms with Gasteiger partial charge in [-0.15, -0.1) is 0 Å². The quantitative estimate of drug-likeness (QED) is 0.559. The van der Waals surface area contributed by atoms with E-state index in [1.807, 2.05) is 24.3 Å². The average Bonchev–Trinajstić information content (AvgIpc) is 2.95. The number of nitrogens with one attached hydrogen (secondary N) is 2. The summed E-state index contributed by atoms with van der Waals surface area (Å²) in [7, 11) is 1.52. The Morgan fingerprint density at radius 1 is 1.23 bits per heavy atom. The number of aromatic amines is 2. The van der Waals surface area contributed by atoms with Crippen molar-refractivity contribution in [1.82, 2.24) is 19.1 Å². The minimum Gasteiger partial charge on any atom is -0.491 e. The van der Waals surface area contributed by atoms with E-state index in [0.29, 0.717) is 11.4 Å². The van der Waals surface area contributed by atoms with Crippen LogP contribution in [0.4, 0.5) is 0 Å². The fraction of sp³-hybridized carbons (Fsp3) is 0.353. The van der Waals surface area contributed by atoms with Gasteiger partial charge in [0.15, 0.2) is 10.3 Å². The Balaban J connectivity index is 1.79. The van der Waals surface area contributed by atoms with E-state index in [0.717, 1.165) is 6.42 Å². The van der Waals surface area contributed by atoms with Gasteiger partial charge in [0.1, 0.15) is 24.1 Å². The maximum atomic E-state index is 12.1. The number of hydrogen-bond donors (Lipinski definition) is 3. The first-order valence-corrected chi connectivity index (χ1v) is 8.63. The van der Waals surface area contributed by atoms with E-state index in [9.17, 15) is 14.7 Å². The number of H-pyrrole nitrogens is 2. The third kappa shape index (κ3) is 3.49. The molecule has 0 spiro atoms. The highest BCUT2D eigenvalue weighted by molar-refractivity contribution is 7.71. The normalized spacial score (nSPS) is 12.4. The first-order chi connectivity index (χ1) is 12.4. The Kier molecular flexibility index (Phi) is 5.10. The van der Waals surface area contributed by atoms with E-state index in [4.69, 9.17) is 17.0 Å². The van der Waals surface area contributed by atoms with Crippen molar-refractivity contribution in [3.8, 4) is 5.75 Å². The lowest BCUT2D eigenvalue weighted by Crippen LogP contribution is -2.30.